The van der Waals surface area contributed by atoms with Crippen LogP contribution in [0, 0.1) is 0 Å². The van der Waals surface area contributed by atoms with E-state index in [-0.39, 0.29) is 6.10 Å². The summed E-state index contributed by atoms with van der Waals surface area (Å²) in [5.74, 6) is 0. The second-order valence-electron chi connectivity index (χ2n) is 1.92. The minimum absolute atomic E-state index is 0.213. The predicted molar refractivity (Wildman–Crippen MR) is 28.3 cm³/mol. The molecule has 3 heteroatoms. The van der Waals surface area contributed by atoms with Crippen LogP contribution < -0.4 is 5.32 Å². The zero-order valence-electron chi connectivity index (χ0n) is 4.86. The molecule has 2 nitrogen and oxygen atoms in total. The maximum absolute atomic E-state index is 12.4. The lowest BCUT2D eigenvalue weighted by molar-refractivity contribution is 0.0464. The normalized spacial score (nSPS) is 38.2. The molecule has 1 aliphatic rings. The van der Waals surface area contributed by atoms with E-state index in [1.54, 1.807) is 0 Å². The first-order valence-electron chi connectivity index (χ1n) is 2.75. The lowest BCUT2D eigenvalue weighted by Gasteiger charge is -2.07. The van der Waals surface area contributed by atoms with Crippen LogP contribution in [0.4, 0.5) is 4.39 Å². The molecular formula is C5H10FNO. The number of nitrogens with one attached hydrogen (secondary N) is 1. The van der Waals surface area contributed by atoms with Crippen molar-refractivity contribution in [3.05, 3.63) is 0 Å². The Balaban J connectivity index is 2.30. The van der Waals surface area contributed by atoms with Crippen LogP contribution in [-0.2, 0) is 4.74 Å². The molecule has 1 fully saturated rings. The first kappa shape index (κ1) is 5.98. The van der Waals surface area contributed by atoms with Crippen molar-refractivity contribution in [3.63, 3.8) is 0 Å². The molecule has 0 aliphatic carbocycles. The molecule has 8 heavy (non-hydrogen) atoms. The Hall–Kier alpha value is -0.150. The fraction of sp³-hybridized carbons (Fsp3) is 1.00. The molecule has 1 heterocycles. The highest BCUT2D eigenvalue weighted by molar-refractivity contribution is 4.75. The molecule has 1 rings (SSSR count). The molecule has 0 aromatic carbocycles. The van der Waals surface area contributed by atoms with E-state index in [0.717, 1.165) is 13.0 Å². The van der Waals surface area contributed by atoms with Crippen LogP contribution in [-0.4, -0.2) is 26.1 Å². The monoisotopic (exact) mass is 119 g/mol. The highest BCUT2D eigenvalue weighted by Crippen LogP contribution is 2.10. The van der Waals surface area contributed by atoms with Gasteiger partial charge in [-0.15, -0.1) is 0 Å². The van der Waals surface area contributed by atoms with Crippen LogP contribution in [0.1, 0.15) is 6.42 Å². The van der Waals surface area contributed by atoms with Crippen molar-refractivity contribution in [2.24, 2.45) is 0 Å². The number of methoxy groups -OCH3 is 1. The smallest absolute Gasteiger partial charge is 0.177 e. The molecule has 1 N–H and O–H groups in total. The molecule has 1 aliphatic heterocycles. The Morgan fingerprint density at radius 1 is 1.75 bits per heavy atom. The van der Waals surface area contributed by atoms with Crippen LogP contribution in [0.25, 0.3) is 0 Å². The Morgan fingerprint density at radius 3 is 2.75 bits per heavy atom. The van der Waals surface area contributed by atoms with E-state index in [9.17, 15) is 4.39 Å². The minimum Gasteiger partial charge on any atom is -0.377 e. The summed E-state index contributed by atoms with van der Waals surface area (Å²) in [7, 11) is 1.53. The van der Waals surface area contributed by atoms with Gasteiger partial charge >= 0.3 is 0 Å². The van der Waals surface area contributed by atoms with Gasteiger partial charge in [-0.3, -0.25) is 5.32 Å². The van der Waals surface area contributed by atoms with Crippen molar-refractivity contribution in [3.8, 4) is 0 Å². The van der Waals surface area contributed by atoms with Crippen LogP contribution in [0.2, 0.25) is 0 Å². The van der Waals surface area contributed by atoms with Crippen molar-refractivity contribution in [2.45, 2.75) is 18.8 Å². The first-order valence-corrected chi connectivity index (χ1v) is 2.75. The predicted octanol–water partition coefficient (Wildman–Crippen LogP) is 0.290. The van der Waals surface area contributed by atoms with E-state index in [1.165, 1.54) is 7.11 Å². The molecular weight excluding hydrogens is 109 g/mol. The van der Waals surface area contributed by atoms with Gasteiger partial charge in [0.1, 0.15) is 6.10 Å². The minimum atomic E-state index is -0.944. The number of alkyl halides is 1. The molecule has 0 spiro atoms. The molecule has 0 aromatic rings. The summed E-state index contributed by atoms with van der Waals surface area (Å²) in [5, 5.41) is 2.63. The topological polar surface area (TPSA) is 21.3 Å². The van der Waals surface area contributed by atoms with Crippen molar-refractivity contribution in [2.75, 3.05) is 13.7 Å². The SMILES string of the molecule is COC1CCNC1F. The first-order chi connectivity index (χ1) is 3.84. The summed E-state index contributed by atoms with van der Waals surface area (Å²) in [6.07, 6.45) is -0.368. The van der Waals surface area contributed by atoms with Gasteiger partial charge in [-0.1, -0.05) is 0 Å². The number of rotatable bonds is 1. The van der Waals surface area contributed by atoms with E-state index >= 15 is 0 Å². The van der Waals surface area contributed by atoms with E-state index in [2.05, 4.69) is 5.32 Å². The average Bonchev–Trinajstić information content (AvgIpc) is 2.14. The van der Waals surface area contributed by atoms with Crippen LogP contribution >= 0.6 is 0 Å². The van der Waals surface area contributed by atoms with Gasteiger partial charge in [0.05, 0.1) is 0 Å². The summed E-state index contributed by atoms with van der Waals surface area (Å²) < 4.78 is 17.1. The van der Waals surface area contributed by atoms with Gasteiger partial charge < -0.3 is 4.74 Å². The Kier molecular flexibility index (Phi) is 1.81. The second-order valence-corrected chi connectivity index (χ2v) is 1.92. The largest absolute Gasteiger partial charge is 0.377 e. The Morgan fingerprint density at radius 2 is 2.50 bits per heavy atom. The van der Waals surface area contributed by atoms with Gasteiger partial charge in [-0.25, -0.2) is 4.39 Å². The van der Waals surface area contributed by atoms with E-state index in [0.29, 0.717) is 0 Å². The van der Waals surface area contributed by atoms with Gasteiger partial charge in [0.25, 0.3) is 0 Å². The van der Waals surface area contributed by atoms with Crippen molar-refractivity contribution >= 4 is 0 Å². The quantitative estimate of drug-likeness (QED) is 0.501. The number of halogens is 1. The van der Waals surface area contributed by atoms with E-state index < -0.39 is 6.30 Å². The third kappa shape index (κ3) is 0.980. The maximum atomic E-state index is 12.4. The summed E-state index contributed by atoms with van der Waals surface area (Å²) in [4.78, 5) is 0. The number of hydrogen-bond acceptors (Lipinski definition) is 2. The molecule has 0 bridgehead atoms. The van der Waals surface area contributed by atoms with Gasteiger partial charge in [-0.05, 0) is 6.42 Å². The van der Waals surface area contributed by atoms with E-state index in [1.807, 2.05) is 0 Å². The molecule has 0 aromatic heterocycles. The molecule has 0 amide bonds. The lowest BCUT2D eigenvalue weighted by atomic mass is 10.3. The van der Waals surface area contributed by atoms with Gasteiger partial charge in [0, 0.05) is 13.7 Å². The summed E-state index contributed by atoms with van der Waals surface area (Å²) in [5.41, 5.74) is 0. The molecule has 0 saturated carbocycles. The van der Waals surface area contributed by atoms with Crippen LogP contribution in [0.3, 0.4) is 0 Å². The molecule has 48 valence electrons. The highest BCUT2D eigenvalue weighted by atomic mass is 19.1. The van der Waals surface area contributed by atoms with E-state index in [4.69, 9.17) is 4.74 Å². The maximum Gasteiger partial charge on any atom is 0.177 e. The molecule has 2 atom stereocenters. The third-order valence-corrected chi connectivity index (χ3v) is 1.40. The second kappa shape index (κ2) is 2.42. The van der Waals surface area contributed by atoms with Crippen LogP contribution in [0.15, 0.2) is 0 Å². The number of ether oxygens (including phenoxy) is 1. The zero-order chi connectivity index (χ0) is 5.98. The zero-order valence-corrected chi connectivity index (χ0v) is 4.86. The van der Waals surface area contributed by atoms with Gasteiger partial charge in [0.2, 0.25) is 0 Å². The standard InChI is InChI=1S/C5H10FNO/c1-8-4-2-3-7-5(4)6/h4-5,7H,2-3H2,1H3. The van der Waals surface area contributed by atoms with Crippen molar-refractivity contribution in [1.82, 2.24) is 5.32 Å². The molecule has 1 saturated heterocycles. The summed E-state index contributed by atoms with van der Waals surface area (Å²) >= 11 is 0. The third-order valence-electron chi connectivity index (χ3n) is 1.40. The Bertz CT molecular complexity index is 78.8. The Labute approximate surface area is 48.0 Å². The summed E-state index contributed by atoms with van der Waals surface area (Å²) in [6.45, 7) is 0.736. The van der Waals surface area contributed by atoms with Crippen LogP contribution in [0.5, 0.6) is 0 Å². The average molecular weight is 119 g/mol. The summed E-state index contributed by atoms with van der Waals surface area (Å²) in [6, 6.07) is 0. The highest BCUT2D eigenvalue weighted by Gasteiger charge is 2.25. The lowest BCUT2D eigenvalue weighted by Crippen LogP contribution is -2.26. The molecule has 2 unspecified atom stereocenters. The van der Waals surface area contributed by atoms with Gasteiger partial charge in [0.15, 0.2) is 6.30 Å². The molecule has 0 radical (unpaired) electrons. The fourth-order valence-corrected chi connectivity index (χ4v) is 0.879. The van der Waals surface area contributed by atoms with Gasteiger partial charge in [-0.2, -0.15) is 0 Å². The van der Waals surface area contributed by atoms with Crippen molar-refractivity contribution < 1.29 is 9.13 Å². The fourth-order valence-electron chi connectivity index (χ4n) is 0.879. The van der Waals surface area contributed by atoms with Crippen molar-refractivity contribution in [1.29, 1.82) is 0 Å². The number of hydrogen-bond donors (Lipinski definition) is 1.